The van der Waals surface area contributed by atoms with Crippen LogP contribution in [0.25, 0.3) is 10.9 Å². The van der Waals surface area contributed by atoms with Crippen LogP contribution in [0.3, 0.4) is 0 Å². The summed E-state index contributed by atoms with van der Waals surface area (Å²) in [4.78, 5) is 29.8. The second-order valence-corrected chi connectivity index (χ2v) is 9.62. The number of halogens is 1. The summed E-state index contributed by atoms with van der Waals surface area (Å²) in [6.45, 7) is 6.96. The van der Waals surface area contributed by atoms with Crippen LogP contribution in [0.4, 0.5) is 9.52 Å². The number of H-pyrrole nitrogens is 1. The lowest BCUT2D eigenvalue weighted by molar-refractivity contribution is -0.128. The summed E-state index contributed by atoms with van der Waals surface area (Å²) in [5.41, 5.74) is 1.68. The van der Waals surface area contributed by atoms with Crippen molar-refractivity contribution in [3.8, 4) is 0 Å². The molecule has 3 heterocycles. The number of nitrogens with zero attached hydrogens (tertiary/aromatic N) is 3. The molecule has 0 radical (unpaired) electrons. The summed E-state index contributed by atoms with van der Waals surface area (Å²) in [6, 6.07) is 4.61. The zero-order valence-electron chi connectivity index (χ0n) is 17.2. The Hall–Kier alpha value is -2.81. The van der Waals surface area contributed by atoms with E-state index in [9.17, 15) is 14.0 Å². The molecule has 1 aromatic carbocycles. The Kier molecular flexibility index (Phi) is 5.31. The van der Waals surface area contributed by atoms with Crippen molar-refractivity contribution in [2.45, 2.75) is 39.0 Å². The molecule has 1 aliphatic heterocycles. The average Bonchev–Trinajstić information content (AvgIpc) is 3.38. The van der Waals surface area contributed by atoms with Crippen LogP contribution >= 0.6 is 11.3 Å². The zero-order valence-corrected chi connectivity index (χ0v) is 18.0. The Morgan fingerprint density at radius 1 is 1.37 bits per heavy atom. The monoisotopic (exact) mass is 429 g/mol. The third-order valence-corrected chi connectivity index (χ3v) is 6.53. The first-order valence-electron chi connectivity index (χ1n) is 9.89. The molecule has 3 aromatic rings. The van der Waals surface area contributed by atoms with Gasteiger partial charge >= 0.3 is 0 Å². The third kappa shape index (κ3) is 4.21. The molecule has 0 aliphatic carbocycles. The Morgan fingerprint density at radius 2 is 2.17 bits per heavy atom. The van der Waals surface area contributed by atoms with Crippen LogP contribution in [0, 0.1) is 11.7 Å². The first-order valence-corrected chi connectivity index (χ1v) is 10.7. The maximum Gasteiger partial charge on any atom is 0.231 e. The van der Waals surface area contributed by atoms with Crippen LogP contribution in [-0.2, 0) is 21.4 Å². The topological polar surface area (TPSA) is 91.0 Å². The van der Waals surface area contributed by atoms with Gasteiger partial charge in [-0.15, -0.1) is 10.2 Å². The van der Waals surface area contributed by atoms with Gasteiger partial charge in [0.2, 0.25) is 16.9 Å². The van der Waals surface area contributed by atoms with E-state index in [0.717, 1.165) is 21.5 Å². The van der Waals surface area contributed by atoms with Gasteiger partial charge in [0.1, 0.15) is 10.8 Å². The molecule has 1 fully saturated rings. The molecule has 2 aromatic heterocycles. The molecule has 0 spiro atoms. The number of hydrogen-bond acceptors (Lipinski definition) is 5. The molecule has 0 unspecified atom stereocenters. The molecule has 2 N–H and O–H groups in total. The van der Waals surface area contributed by atoms with Crippen molar-refractivity contribution < 1.29 is 14.0 Å². The van der Waals surface area contributed by atoms with Crippen LogP contribution in [0.2, 0.25) is 0 Å². The van der Waals surface area contributed by atoms with Crippen LogP contribution in [0.1, 0.15) is 37.8 Å². The molecule has 1 atom stereocenters. The minimum Gasteiger partial charge on any atom is -0.361 e. The van der Waals surface area contributed by atoms with E-state index < -0.39 is 5.92 Å². The Bertz CT molecular complexity index is 1100. The lowest BCUT2D eigenvalue weighted by atomic mass is 9.98. The van der Waals surface area contributed by atoms with E-state index in [1.165, 1.54) is 23.5 Å². The predicted molar refractivity (Wildman–Crippen MR) is 114 cm³/mol. The highest BCUT2D eigenvalue weighted by atomic mass is 32.1. The molecule has 9 heteroatoms. The van der Waals surface area contributed by atoms with Crippen molar-refractivity contribution in [3.05, 3.63) is 40.8 Å². The molecular weight excluding hydrogens is 405 g/mol. The van der Waals surface area contributed by atoms with Crippen molar-refractivity contribution >= 4 is 39.2 Å². The molecule has 7 nitrogen and oxygen atoms in total. The highest BCUT2D eigenvalue weighted by Gasteiger charge is 2.34. The minimum atomic E-state index is -0.417. The van der Waals surface area contributed by atoms with Crippen molar-refractivity contribution in [2.24, 2.45) is 5.92 Å². The van der Waals surface area contributed by atoms with Gasteiger partial charge in [-0.05, 0) is 30.2 Å². The van der Waals surface area contributed by atoms with Gasteiger partial charge in [-0.1, -0.05) is 32.1 Å². The van der Waals surface area contributed by atoms with E-state index >= 15 is 0 Å². The number of carbonyl (C=O) groups is 2. The summed E-state index contributed by atoms with van der Waals surface area (Å²) in [6.07, 6.45) is 2.62. The van der Waals surface area contributed by atoms with Gasteiger partial charge in [0.25, 0.3) is 0 Å². The van der Waals surface area contributed by atoms with Crippen LogP contribution in [-0.4, -0.2) is 45.0 Å². The first-order chi connectivity index (χ1) is 14.2. The van der Waals surface area contributed by atoms with Crippen molar-refractivity contribution in [1.29, 1.82) is 0 Å². The molecular formula is C21H24FN5O2S. The summed E-state index contributed by atoms with van der Waals surface area (Å²) < 4.78 is 13.6. The minimum absolute atomic E-state index is 0.0474. The maximum atomic E-state index is 13.6. The van der Waals surface area contributed by atoms with E-state index in [-0.39, 0.29) is 29.5 Å². The number of likely N-dealkylation sites (tertiary alicyclic amines) is 1. The number of aromatic amines is 1. The van der Waals surface area contributed by atoms with E-state index in [2.05, 4.69) is 20.5 Å². The highest BCUT2D eigenvalue weighted by Crippen LogP contribution is 2.29. The summed E-state index contributed by atoms with van der Waals surface area (Å²) in [7, 11) is 0. The molecule has 2 amide bonds. The lowest BCUT2D eigenvalue weighted by Crippen LogP contribution is -2.30. The van der Waals surface area contributed by atoms with Gasteiger partial charge in [0, 0.05) is 42.0 Å². The fourth-order valence-electron chi connectivity index (χ4n) is 3.56. The Balaban J connectivity index is 1.36. The molecule has 0 saturated carbocycles. The fraction of sp³-hybridized carbons (Fsp3) is 0.429. The number of hydrogen-bond donors (Lipinski definition) is 2. The van der Waals surface area contributed by atoms with Crippen LogP contribution < -0.4 is 5.32 Å². The van der Waals surface area contributed by atoms with Crippen molar-refractivity contribution in [1.82, 2.24) is 20.1 Å². The molecule has 1 aliphatic rings. The Labute approximate surface area is 177 Å². The van der Waals surface area contributed by atoms with E-state index in [1.807, 2.05) is 27.0 Å². The van der Waals surface area contributed by atoms with Gasteiger partial charge in [-0.2, -0.15) is 0 Å². The van der Waals surface area contributed by atoms with Gasteiger partial charge in [0.05, 0.1) is 5.92 Å². The fourth-order valence-corrected chi connectivity index (χ4v) is 4.37. The molecule has 4 rings (SSSR count). The van der Waals surface area contributed by atoms with Gasteiger partial charge in [-0.3, -0.25) is 9.59 Å². The maximum absolute atomic E-state index is 13.6. The van der Waals surface area contributed by atoms with Gasteiger partial charge in [-0.25, -0.2) is 4.39 Å². The zero-order chi connectivity index (χ0) is 21.5. The van der Waals surface area contributed by atoms with E-state index in [4.69, 9.17) is 0 Å². The normalized spacial score (nSPS) is 17.1. The Morgan fingerprint density at radius 3 is 2.90 bits per heavy atom. The second kappa shape index (κ2) is 7.79. The van der Waals surface area contributed by atoms with E-state index in [1.54, 1.807) is 11.0 Å². The smallest absolute Gasteiger partial charge is 0.231 e. The number of fused-ring (bicyclic) bond motifs is 1. The average molecular weight is 430 g/mol. The van der Waals surface area contributed by atoms with Gasteiger partial charge < -0.3 is 15.2 Å². The second-order valence-electron chi connectivity index (χ2n) is 8.65. The molecule has 0 bridgehead atoms. The number of anilines is 1. The highest BCUT2D eigenvalue weighted by molar-refractivity contribution is 7.15. The van der Waals surface area contributed by atoms with Crippen LogP contribution in [0.5, 0.6) is 0 Å². The van der Waals surface area contributed by atoms with Crippen molar-refractivity contribution in [3.63, 3.8) is 0 Å². The summed E-state index contributed by atoms with van der Waals surface area (Å²) >= 11 is 1.35. The standard InChI is InChI=1S/C21H24FN5O2S/c1-21(2,3)19-25-26-20(30-19)24-18(29)13-8-17(28)27(11-13)7-6-12-10-23-16-5-4-14(22)9-15(12)16/h4-5,9-10,13,23H,6-8,11H2,1-3H3,(H,24,26,29)/t13-/m1/s1. The third-order valence-electron chi connectivity index (χ3n) is 5.26. The number of carbonyl (C=O) groups excluding carboxylic acids is 2. The lowest BCUT2D eigenvalue weighted by Gasteiger charge is -2.16. The number of aromatic nitrogens is 3. The van der Waals surface area contributed by atoms with Crippen LogP contribution in [0.15, 0.2) is 24.4 Å². The van der Waals surface area contributed by atoms with Gasteiger partial charge in [0.15, 0.2) is 0 Å². The molecule has 158 valence electrons. The molecule has 1 saturated heterocycles. The summed E-state index contributed by atoms with van der Waals surface area (Å²) in [5, 5.41) is 13.1. The summed E-state index contributed by atoms with van der Waals surface area (Å²) in [5.74, 6) is -0.964. The van der Waals surface area contributed by atoms with Crippen molar-refractivity contribution in [2.75, 3.05) is 18.4 Å². The quantitative estimate of drug-likeness (QED) is 0.650. The molecule has 30 heavy (non-hydrogen) atoms. The first kappa shape index (κ1) is 20.5. The SMILES string of the molecule is CC(C)(C)c1nnc(NC(=O)[C@@H]2CC(=O)N(CCc3c[nH]c4ccc(F)cc34)C2)s1. The predicted octanol–water partition coefficient (Wildman–Crippen LogP) is 3.49. The van der Waals surface area contributed by atoms with E-state index in [0.29, 0.717) is 24.6 Å². The number of benzene rings is 1. The number of amides is 2. The number of nitrogens with one attached hydrogen (secondary N) is 2. The largest absolute Gasteiger partial charge is 0.361 e. The number of rotatable bonds is 5.